The molecular weight excluding hydrogens is 278 g/mol. The second-order valence-corrected chi connectivity index (χ2v) is 5.42. The van der Waals surface area contributed by atoms with E-state index in [4.69, 9.17) is 0 Å². The summed E-state index contributed by atoms with van der Waals surface area (Å²) in [5.74, 6) is -3.08. The molecule has 0 bridgehead atoms. The van der Waals surface area contributed by atoms with Crippen molar-refractivity contribution >= 4 is 17.5 Å². The average molecular weight is 296 g/mol. The largest absolute Gasteiger partial charge is 0.345 e. The van der Waals surface area contributed by atoms with Gasteiger partial charge >= 0.3 is 11.8 Å². The smallest absolute Gasteiger partial charge is 0.313 e. The molecule has 1 aliphatic rings. The molecule has 1 saturated carbocycles. The summed E-state index contributed by atoms with van der Waals surface area (Å²) in [5, 5.41) is 4.82. The number of nitrogens with one attached hydrogen (secondary N) is 2. The van der Waals surface area contributed by atoms with E-state index in [2.05, 4.69) is 10.6 Å². The second kappa shape index (κ2) is 6.65. The van der Waals surface area contributed by atoms with E-state index in [1.165, 1.54) is 0 Å². The standard InChI is InChI=1S/C15H18F2N2O2/c1-9-4-2-3-5-12(9)18-14(20)15(21)19-13-7-6-10(16)8-11(13)17/h6-9,12H,2-5H2,1H3,(H,18,20)(H,19,21). The van der Waals surface area contributed by atoms with Crippen LogP contribution in [-0.2, 0) is 9.59 Å². The van der Waals surface area contributed by atoms with Gasteiger partial charge < -0.3 is 10.6 Å². The summed E-state index contributed by atoms with van der Waals surface area (Å²) >= 11 is 0. The molecule has 0 spiro atoms. The molecule has 2 N–H and O–H groups in total. The molecule has 1 fully saturated rings. The monoisotopic (exact) mass is 296 g/mol. The number of hydrogen-bond acceptors (Lipinski definition) is 2. The fraction of sp³-hybridized carbons (Fsp3) is 0.467. The molecular formula is C15H18F2N2O2. The predicted octanol–water partition coefficient (Wildman–Crippen LogP) is 2.60. The Morgan fingerprint density at radius 3 is 2.52 bits per heavy atom. The molecule has 2 rings (SSSR count). The number of halogens is 2. The minimum atomic E-state index is -0.946. The van der Waals surface area contributed by atoms with Crippen LogP contribution < -0.4 is 10.6 Å². The molecule has 2 unspecified atom stereocenters. The first-order valence-corrected chi connectivity index (χ1v) is 7.04. The summed E-state index contributed by atoms with van der Waals surface area (Å²) in [6.45, 7) is 2.03. The number of amides is 2. The molecule has 0 saturated heterocycles. The number of carbonyl (C=O) groups excluding carboxylic acids is 2. The first-order chi connectivity index (χ1) is 9.97. The number of anilines is 1. The van der Waals surface area contributed by atoms with Gasteiger partial charge in [0.05, 0.1) is 5.69 Å². The second-order valence-electron chi connectivity index (χ2n) is 5.42. The Bertz CT molecular complexity index is 548. The van der Waals surface area contributed by atoms with Gasteiger partial charge in [0.15, 0.2) is 0 Å². The lowest BCUT2D eigenvalue weighted by Gasteiger charge is -2.29. The average Bonchev–Trinajstić information content (AvgIpc) is 2.44. The summed E-state index contributed by atoms with van der Waals surface area (Å²) in [7, 11) is 0. The Morgan fingerprint density at radius 1 is 1.14 bits per heavy atom. The molecule has 0 radical (unpaired) electrons. The topological polar surface area (TPSA) is 58.2 Å². The van der Waals surface area contributed by atoms with Crippen LogP contribution in [0.25, 0.3) is 0 Å². The Morgan fingerprint density at radius 2 is 1.86 bits per heavy atom. The number of benzene rings is 1. The van der Waals surface area contributed by atoms with Gasteiger partial charge in [-0.3, -0.25) is 9.59 Å². The van der Waals surface area contributed by atoms with Crippen LogP contribution in [0.1, 0.15) is 32.6 Å². The van der Waals surface area contributed by atoms with Gasteiger partial charge in [0.25, 0.3) is 0 Å². The number of rotatable bonds is 2. The molecule has 6 heteroatoms. The molecule has 0 heterocycles. The number of carbonyl (C=O) groups is 2. The van der Waals surface area contributed by atoms with Crippen LogP contribution in [0.2, 0.25) is 0 Å². The van der Waals surface area contributed by atoms with Crippen LogP contribution in [0, 0.1) is 17.6 Å². The molecule has 1 aromatic carbocycles. The Hall–Kier alpha value is -1.98. The zero-order valence-corrected chi connectivity index (χ0v) is 11.8. The zero-order chi connectivity index (χ0) is 15.4. The van der Waals surface area contributed by atoms with Crippen molar-refractivity contribution in [1.82, 2.24) is 5.32 Å². The van der Waals surface area contributed by atoms with Gasteiger partial charge in [-0.15, -0.1) is 0 Å². The lowest BCUT2D eigenvalue weighted by Crippen LogP contribution is -2.45. The Balaban J connectivity index is 1.94. The van der Waals surface area contributed by atoms with Crippen molar-refractivity contribution in [3.63, 3.8) is 0 Å². The van der Waals surface area contributed by atoms with E-state index in [0.29, 0.717) is 12.0 Å². The van der Waals surface area contributed by atoms with E-state index in [-0.39, 0.29) is 11.7 Å². The highest BCUT2D eigenvalue weighted by Gasteiger charge is 2.25. The predicted molar refractivity (Wildman–Crippen MR) is 74.6 cm³/mol. The van der Waals surface area contributed by atoms with Gasteiger partial charge in [0, 0.05) is 12.1 Å². The van der Waals surface area contributed by atoms with Crippen molar-refractivity contribution in [3.05, 3.63) is 29.8 Å². The van der Waals surface area contributed by atoms with Crippen molar-refractivity contribution in [2.45, 2.75) is 38.6 Å². The third-order valence-corrected chi connectivity index (χ3v) is 3.81. The van der Waals surface area contributed by atoms with E-state index in [1.54, 1.807) is 0 Å². The summed E-state index contributed by atoms with van der Waals surface area (Å²) in [6, 6.07) is 2.71. The van der Waals surface area contributed by atoms with E-state index >= 15 is 0 Å². The molecule has 2 atom stereocenters. The summed E-state index contributed by atoms with van der Waals surface area (Å²) in [5.41, 5.74) is -0.215. The lowest BCUT2D eigenvalue weighted by atomic mass is 9.86. The highest BCUT2D eigenvalue weighted by molar-refractivity contribution is 6.39. The van der Waals surface area contributed by atoms with Crippen molar-refractivity contribution in [2.75, 3.05) is 5.32 Å². The van der Waals surface area contributed by atoms with E-state index in [9.17, 15) is 18.4 Å². The van der Waals surface area contributed by atoms with Crippen LogP contribution >= 0.6 is 0 Å². The molecule has 1 aliphatic carbocycles. The highest BCUT2D eigenvalue weighted by Crippen LogP contribution is 2.23. The van der Waals surface area contributed by atoms with Gasteiger partial charge in [-0.1, -0.05) is 19.8 Å². The van der Waals surface area contributed by atoms with E-state index in [1.807, 2.05) is 6.92 Å². The maximum atomic E-state index is 13.4. The molecule has 4 nitrogen and oxygen atoms in total. The van der Waals surface area contributed by atoms with Crippen LogP contribution in [0.15, 0.2) is 18.2 Å². The minimum absolute atomic E-state index is 0.0323. The Labute approximate surface area is 121 Å². The van der Waals surface area contributed by atoms with Crippen molar-refractivity contribution in [3.8, 4) is 0 Å². The van der Waals surface area contributed by atoms with Crippen molar-refractivity contribution < 1.29 is 18.4 Å². The van der Waals surface area contributed by atoms with Gasteiger partial charge in [-0.2, -0.15) is 0 Å². The van der Waals surface area contributed by atoms with Crippen molar-refractivity contribution in [2.24, 2.45) is 5.92 Å². The molecule has 0 aliphatic heterocycles. The van der Waals surface area contributed by atoms with Gasteiger partial charge in [0.2, 0.25) is 0 Å². The van der Waals surface area contributed by atoms with Crippen LogP contribution in [-0.4, -0.2) is 17.9 Å². The maximum absolute atomic E-state index is 13.4. The third kappa shape index (κ3) is 4.00. The molecule has 1 aromatic rings. The zero-order valence-electron chi connectivity index (χ0n) is 11.8. The minimum Gasteiger partial charge on any atom is -0.345 e. The molecule has 0 aromatic heterocycles. The van der Waals surface area contributed by atoms with Crippen LogP contribution in [0.3, 0.4) is 0 Å². The maximum Gasteiger partial charge on any atom is 0.313 e. The molecule has 2 amide bonds. The van der Waals surface area contributed by atoms with E-state index < -0.39 is 23.4 Å². The van der Waals surface area contributed by atoms with E-state index in [0.717, 1.165) is 37.8 Å². The van der Waals surface area contributed by atoms with Crippen LogP contribution in [0.5, 0.6) is 0 Å². The third-order valence-electron chi connectivity index (χ3n) is 3.81. The first-order valence-electron chi connectivity index (χ1n) is 7.04. The summed E-state index contributed by atoms with van der Waals surface area (Å²) in [4.78, 5) is 23.6. The lowest BCUT2D eigenvalue weighted by molar-refractivity contribution is -0.137. The normalized spacial score (nSPS) is 21.7. The fourth-order valence-electron chi connectivity index (χ4n) is 2.53. The van der Waals surface area contributed by atoms with Crippen molar-refractivity contribution in [1.29, 1.82) is 0 Å². The Kier molecular flexibility index (Phi) is 4.88. The fourth-order valence-corrected chi connectivity index (χ4v) is 2.53. The van der Waals surface area contributed by atoms with Gasteiger partial charge in [-0.25, -0.2) is 8.78 Å². The molecule has 114 valence electrons. The van der Waals surface area contributed by atoms with Crippen LogP contribution in [0.4, 0.5) is 14.5 Å². The molecule has 21 heavy (non-hydrogen) atoms. The van der Waals surface area contributed by atoms with Gasteiger partial charge in [-0.05, 0) is 30.9 Å². The summed E-state index contributed by atoms with van der Waals surface area (Å²) < 4.78 is 26.2. The SMILES string of the molecule is CC1CCCCC1NC(=O)C(=O)Nc1ccc(F)cc1F. The summed E-state index contributed by atoms with van der Waals surface area (Å²) in [6.07, 6.45) is 3.99. The number of hydrogen-bond donors (Lipinski definition) is 2. The van der Waals surface area contributed by atoms with Gasteiger partial charge in [0.1, 0.15) is 11.6 Å². The highest BCUT2D eigenvalue weighted by atomic mass is 19.1. The first kappa shape index (κ1) is 15.4. The quantitative estimate of drug-likeness (QED) is 0.824.